The van der Waals surface area contributed by atoms with Crippen molar-refractivity contribution in [1.29, 1.82) is 0 Å². The molecule has 9 rings (SSSR count). The minimum atomic E-state index is -0.0377. The molecule has 0 atom stereocenters. The number of hydrogen-bond donors (Lipinski definition) is 0. The van der Waals surface area contributed by atoms with E-state index in [1.165, 1.54) is 44.1 Å². The first-order valence-electron chi connectivity index (χ1n) is 14.5. The highest BCUT2D eigenvalue weighted by atomic mass is 15.0. The third kappa shape index (κ3) is 3.16. The van der Waals surface area contributed by atoms with Gasteiger partial charge >= 0.3 is 0 Å². The molecule has 0 fully saturated rings. The molecular formula is C39H27N3. The Bertz CT molecular complexity index is 2390. The van der Waals surface area contributed by atoms with Gasteiger partial charge in [0.15, 0.2) is 0 Å². The lowest BCUT2D eigenvalue weighted by Crippen LogP contribution is -2.14. The van der Waals surface area contributed by atoms with E-state index in [9.17, 15) is 0 Å². The van der Waals surface area contributed by atoms with Crippen LogP contribution in [0.25, 0.3) is 71.7 Å². The fraction of sp³-hybridized carbons (Fsp3) is 0.0769. The Morgan fingerprint density at radius 3 is 2.31 bits per heavy atom. The second-order valence-corrected chi connectivity index (χ2v) is 11.9. The maximum absolute atomic E-state index is 5.14. The SMILES string of the molecule is CC1(C)c2ccccc2-c2cc3c(cc21)c1ccccc1n3-c1cccc(-c2ccc3ccc4cccnc4c3n2)c1. The number of rotatable bonds is 2. The predicted octanol–water partition coefficient (Wildman–Crippen LogP) is 9.85. The quantitative estimate of drug-likeness (QED) is 0.205. The predicted molar refractivity (Wildman–Crippen MR) is 174 cm³/mol. The van der Waals surface area contributed by atoms with Crippen molar-refractivity contribution >= 4 is 43.6 Å². The zero-order valence-electron chi connectivity index (χ0n) is 23.5. The normalized spacial score (nSPS) is 13.7. The van der Waals surface area contributed by atoms with E-state index < -0.39 is 0 Å². The second-order valence-electron chi connectivity index (χ2n) is 11.9. The van der Waals surface area contributed by atoms with Crippen molar-refractivity contribution in [3.8, 4) is 28.1 Å². The van der Waals surface area contributed by atoms with Crippen LogP contribution in [-0.4, -0.2) is 14.5 Å². The standard InChI is InChI=1S/C39H27N3/c1-39(2)32-14-5-3-12-28(32)30-23-36-31(22-33(30)39)29-13-4-6-15-35(29)42(36)27-11-7-9-26(21-27)34-19-18-25-17-16-24-10-8-20-40-37(24)38(25)41-34/h3-23H,1-2H3. The molecule has 0 spiro atoms. The summed E-state index contributed by atoms with van der Waals surface area (Å²) >= 11 is 0. The van der Waals surface area contributed by atoms with Gasteiger partial charge in [0.05, 0.1) is 27.8 Å². The molecule has 0 unspecified atom stereocenters. The van der Waals surface area contributed by atoms with Crippen molar-refractivity contribution in [2.45, 2.75) is 19.3 Å². The summed E-state index contributed by atoms with van der Waals surface area (Å²) in [5.41, 5.74) is 12.9. The number of para-hydroxylation sites is 1. The number of fused-ring (bicyclic) bond motifs is 9. The summed E-state index contributed by atoms with van der Waals surface area (Å²) in [6.07, 6.45) is 1.84. The molecule has 198 valence electrons. The largest absolute Gasteiger partial charge is 0.309 e. The Balaban J connectivity index is 1.28. The fourth-order valence-corrected chi connectivity index (χ4v) is 7.13. The van der Waals surface area contributed by atoms with Crippen molar-refractivity contribution in [3.05, 3.63) is 139 Å². The highest BCUT2D eigenvalue weighted by molar-refractivity contribution is 6.11. The molecule has 0 saturated carbocycles. The summed E-state index contributed by atoms with van der Waals surface area (Å²) in [7, 11) is 0. The van der Waals surface area contributed by atoms with Crippen LogP contribution in [0.4, 0.5) is 0 Å². The Kier molecular flexibility index (Phi) is 4.67. The van der Waals surface area contributed by atoms with Gasteiger partial charge in [-0.1, -0.05) is 92.7 Å². The van der Waals surface area contributed by atoms with E-state index in [1.54, 1.807) is 0 Å². The average molecular weight is 538 g/mol. The zero-order valence-corrected chi connectivity index (χ0v) is 23.5. The summed E-state index contributed by atoms with van der Waals surface area (Å²) in [6, 6.07) is 43.8. The minimum Gasteiger partial charge on any atom is -0.309 e. The van der Waals surface area contributed by atoms with Crippen LogP contribution in [0.15, 0.2) is 128 Å². The third-order valence-electron chi connectivity index (χ3n) is 9.21. The van der Waals surface area contributed by atoms with Gasteiger partial charge in [-0.25, -0.2) is 4.98 Å². The van der Waals surface area contributed by atoms with Crippen LogP contribution >= 0.6 is 0 Å². The Morgan fingerprint density at radius 2 is 1.38 bits per heavy atom. The van der Waals surface area contributed by atoms with E-state index in [-0.39, 0.29) is 5.41 Å². The van der Waals surface area contributed by atoms with Crippen LogP contribution < -0.4 is 0 Å². The lowest BCUT2D eigenvalue weighted by Gasteiger charge is -2.21. The molecule has 3 aromatic heterocycles. The second kappa shape index (κ2) is 8.37. The lowest BCUT2D eigenvalue weighted by atomic mass is 9.82. The van der Waals surface area contributed by atoms with Crippen LogP contribution in [0.1, 0.15) is 25.0 Å². The monoisotopic (exact) mass is 537 g/mol. The molecule has 3 nitrogen and oxygen atoms in total. The first kappa shape index (κ1) is 23.4. The molecule has 0 aliphatic heterocycles. The van der Waals surface area contributed by atoms with Gasteiger partial charge in [0.1, 0.15) is 0 Å². The van der Waals surface area contributed by atoms with Crippen molar-refractivity contribution < 1.29 is 0 Å². The summed E-state index contributed by atoms with van der Waals surface area (Å²) in [5.74, 6) is 0. The molecule has 0 saturated heterocycles. The van der Waals surface area contributed by atoms with Crippen LogP contribution in [0.3, 0.4) is 0 Å². The van der Waals surface area contributed by atoms with Gasteiger partial charge in [0.2, 0.25) is 0 Å². The van der Waals surface area contributed by atoms with E-state index in [0.717, 1.165) is 38.8 Å². The van der Waals surface area contributed by atoms with Gasteiger partial charge < -0.3 is 4.57 Å². The highest BCUT2D eigenvalue weighted by Gasteiger charge is 2.36. The summed E-state index contributed by atoms with van der Waals surface area (Å²) in [4.78, 5) is 9.80. The molecule has 5 aromatic carbocycles. The van der Waals surface area contributed by atoms with Crippen LogP contribution in [-0.2, 0) is 5.41 Å². The molecule has 0 amide bonds. The van der Waals surface area contributed by atoms with Crippen LogP contribution in [0.5, 0.6) is 0 Å². The number of pyridine rings is 2. The first-order chi connectivity index (χ1) is 20.6. The molecule has 3 heterocycles. The van der Waals surface area contributed by atoms with Gasteiger partial charge in [0.25, 0.3) is 0 Å². The van der Waals surface area contributed by atoms with Gasteiger partial charge in [-0.15, -0.1) is 0 Å². The van der Waals surface area contributed by atoms with Crippen molar-refractivity contribution in [2.75, 3.05) is 0 Å². The van der Waals surface area contributed by atoms with Crippen LogP contribution in [0, 0.1) is 0 Å². The number of nitrogens with zero attached hydrogens (tertiary/aromatic N) is 3. The van der Waals surface area contributed by atoms with E-state index in [0.29, 0.717) is 0 Å². The maximum atomic E-state index is 5.14. The van der Waals surface area contributed by atoms with Gasteiger partial charge in [-0.2, -0.15) is 0 Å². The molecule has 42 heavy (non-hydrogen) atoms. The minimum absolute atomic E-state index is 0.0377. The summed E-state index contributed by atoms with van der Waals surface area (Å²) in [5, 5.41) is 4.76. The summed E-state index contributed by atoms with van der Waals surface area (Å²) < 4.78 is 2.42. The molecular weight excluding hydrogens is 510 g/mol. The molecule has 8 aromatic rings. The molecule has 1 aliphatic carbocycles. The maximum Gasteiger partial charge on any atom is 0.0972 e. The topological polar surface area (TPSA) is 30.7 Å². The molecule has 0 bridgehead atoms. The number of aromatic nitrogens is 3. The Labute approximate surface area is 243 Å². The smallest absolute Gasteiger partial charge is 0.0972 e. The Morgan fingerprint density at radius 1 is 0.571 bits per heavy atom. The highest BCUT2D eigenvalue weighted by Crippen LogP contribution is 2.51. The van der Waals surface area contributed by atoms with Gasteiger partial charge in [-0.05, 0) is 64.7 Å². The van der Waals surface area contributed by atoms with E-state index in [2.05, 4.69) is 139 Å². The van der Waals surface area contributed by atoms with Crippen molar-refractivity contribution in [3.63, 3.8) is 0 Å². The van der Waals surface area contributed by atoms with E-state index >= 15 is 0 Å². The van der Waals surface area contributed by atoms with Crippen LogP contribution in [0.2, 0.25) is 0 Å². The van der Waals surface area contributed by atoms with Gasteiger partial charge in [0, 0.05) is 44.4 Å². The molecule has 1 aliphatic rings. The lowest BCUT2D eigenvalue weighted by molar-refractivity contribution is 0.661. The number of hydrogen-bond acceptors (Lipinski definition) is 2. The van der Waals surface area contributed by atoms with Crippen molar-refractivity contribution in [1.82, 2.24) is 14.5 Å². The molecule has 0 radical (unpaired) electrons. The molecule has 3 heteroatoms. The van der Waals surface area contributed by atoms with E-state index in [4.69, 9.17) is 4.98 Å². The zero-order chi connectivity index (χ0) is 28.0. The average Bonchev–Trinajstić information content (AvgIpc) is 3.48. The van der Waals surface area contributed by atoms with Gasteiger partial charge in [-0.3, -0.25) is 4.98 Å². The molecule has 0 N–H and O–H groups in total. The first-order valence-corrected chi connectivity index (χ1v) is 14.5. The third-order valence-corrected chi connectivity index (χ3v) is 9.21. The summed E-state index contributed by atoms with van der Waals surface area (Å²) in [6.45, 7) is 4.70. The van der Waals surface area contributed by atoms with E-state index in [1.807, 2.05) is 12.3 Å². The van der Waals surface area contributed by atoms with Crippen molar-refractivity contribution in [2.24, 2.45) is 0 Å². The number of benzene rings is 5. The Hall–Kier alpha value is -5.28. The fourth-order valence-electron chi connectivity index (χ4n) is 7.13.